The first-order chi connectivity index (χ1) is 9.72. The SMILES string of the molecule is Clc1cccc(OCC2CCC(CNC3CC3)O2)c1Cl. The van der Waals surface area contributed by atoms with Crippen LogP contribution in [0, 0.1) is 0 Å². The highest BCUT2D eigenvalue weighted by molar-refractivity contribution is 6.42. The number of hydrogen-bond donors (Lipinski definition) is 1. The van der Waals surface area contributed by atoms with E-state index in [1.807, 2.05) is 12.1 Å². The monoisotopic (exact) mass is 315 g/mol. The van der Waals surface area contributed by atoms with Crippen LogP contribution in [0.4, 0.5) is 0 Å². The molecule has 20 heavy (non-hydrogen) atoms. The van der Waals surface area contributed by atoms with Gasteiger partial charge in [-0.05, 0) is 37.8 Å². The van der Waals surface area contributed by atoms with Crippen LogP contribution in [-0.2, 0) is 4.74 Å². The number of halogens is 2. The Morgan fingerprint density at radius 1 is 1.15 bits per heavy atom. The minimum atomic E-state index is 0.149. The molecule has 2 aliphatic rings. The van der Waals surface area contributed by atoms with Crippen molar-refractivity contribution in [1.82, 2.24) is 5.32 Å². The van der Waals surface area contributed by atoms with E-state index in [2.05, 4.69) is 5.32 Å². The second kappa shape index (κ2) is 6.52. The highest BCUT2D eigenvalue weighted by atomic mass is 35.5. The predicted octanol–water partition coefficient (Wildman–Crippen LogP) is 3.67. The molecule has 3 nitrogen and oxygen atoms in total. The molecule has 0 bridgehead atoms. The molecule has 0 amide bonds. The van der Waals surface area contributed by atoms with Gasteiger partial charge in [-0.1, -0.05) is 29.3 Å². The Morgan fingerprint density at radius 3 is 2.75 bits per heavy atom. The zero-order chi connectivity index (χ0) is 13.9. The summed E-state index contributed by atoms with van der Waals surface area (Å²) in [5.41, 5.74) is 0. The molecular weight excluding hydrogens is 297 g/mol. The number of hydrogen-bond acceptors (Lipinski definition) is 3. The quantitative estimate of drug-likeness (QED) is 0.868. The molecule has 2 unspecified atom stereocenters. The van der Waals surface area contributed by atoms with Gasteiger partial charge in [-0.3, -0.25) is 0 Å². The van der Waals surface area contributed by atoms with Crippen LogP contribution in [0.15, 0.2) is 18.2 Å². The molecule has 1 aromatic carbocycles. The third-order valence-corrected chi connectivity index (χ3v) is 4.55. The first kappa shape index (κ1) is 14.5. The van der Waals surface area contributed by atoms with Gasteiger partial charge in [-0.2, -0.15) is 0 Å². The van der Waals surface area contributed by atoms with Crippen molar-refractivity contribution in [1.29, 1.82) is 0 Å². The van der Waals surface area contributed by atoms with Gasteiger partial charge in [0.05, 0.1) is 17.2 Å². The Labute approximate surface area is 129 Å². The van der Waals surface area contributed by atoms with Gasteiger partial charge in [0, 0.05) is 12.6 Å². The molecule has 2 fully saturated rings. The molecule has 0 spiro atoms. The summed E-state index contributed by atoms with van der Waals surface area (Å²) in [5.74, 6) is 0.627. The third-order valence-electron chi connectivity index (χ3n) is 3.75. The number of benzene rings is 1. The maximum atomic E-state index is 6.09. The van der Waals surface area contributed by atoms with Gasteiger partial charge in [0.2, 0.25) is 0 Å². The molecule has 1 aromatic rings. The van der Waals surface area contributed by atoms with Crippen LogP contribution < -0.4 is 10.1 Å². The van der Waals surface area contributed by atoms with Crippen LogP contribution in [0.5, 0.6) is 5.75 Å². The summed E-state index contributed by atoms with van der Waals surface area (Å²) < 4.78 is 11.7. The van der Waals surface area contributed by atoms with Gasteiger partial charge in [0.25, 0.3) is 0 Å². The van der Waals surface area contributed by atoms with Crippen LogP contribution in [0.25, 0.3) is 0 Å². The van der Waals surface area contributed by atoms with Gasteiger partial charge >= 0.3 is 0 Å². The fourth-order valence-electron chi connectivity index (χ4n) is 2.42. The molecule has 2 atom stereocenters. The van der Waals surface area contributed by atoms with Crippen molar-refractivity contribution < 1.29 is 9.47 Å². The molecule has 1 aliphatic heterocycles. The van der Waals surface area contributed by atoms with Crippen molar-refractivity contribution in [2.75, 3.05) is 13.2 Å². The summed E-state index contributed by atoms with van der Waals surface area (Å²) in [4.78, 5) is 0. The second-order valence-electron chi connectivity index (χ2n) is 5.50. The van der Waals surface area contributed by atoms with Crippen LogP contribution in [0.1, 0.15) is 25.7 Å². The Balaban J connectivity index is 1.43. The topological polar surface area (TPSA) is 30.5 Å². The van der Waals surface area contributed by atoms with E-state index in [4.69, 9.17) is 32.7 Å². The van der Waals surface area contributed by atoms with Crippen molar-refractivity contribution in [3.63, 3.8) is 0 Å². The van der Waals surface area contributed by atoms with Gasteiger partial charge in [0.15, 0.2) is 0 Å². The van der Waals surface area contributed by atoms with Crippen molar-refractivity contribution in [2.24, 2.45) is 0 Å². The summed E-state index contributed by atoms with van der Waals surface area (Å²) in [6.07, 6.45) is 5.22. The molecule has 3 rings (SSSR count). The molecule has 1 N–H and O–H groups in total. The van der Waals surface area contributed by atoms with E-state index in [1.165, 1.54) is 12.8 Å². The van der Waals surface area contributed by atoms with Crippen LogP contribution in [0.3, 0.4) is 0 Å². The van der Waals surface area contributed by atoms with E-state index < -0.39 is 0 Å². The smallest absolute Gasteiger partial charge is 0.139 e. The highest BCUT2D eigenvalue weighted by Gasteiger charge is 2.28. The van der Waals surface area contributed by atoms with Gasteiger partial charge in [-0.15, -0.1) is 0 Å². The lowest BCUT2D eigenvalue weighted by Crippen LogP contribution is -2.29. The fourth-order valence-corrected chi connectivity index (χ4v) is 2.76. The minimum Gasteiger partial charge on any atom is -0.489 e. The highest BCUT2D eigenvalue weighted by Crippen LogP contribution is 2.32. The minimum absolute atomic E-state index is 0.149. The molecule has 1 heterocycles. The van der Waals surface area contributed by atoms with E-state index in [1.54, 1.807) is 6.07 Å². The second-order valence-corrected chi connectivity index (χ2v) is 6.29. The molecule has 110 valence electrons. The number of nitrogens with one attached hydrogen (secondary N) is 1. The summed E-state index contributed by atoms with van der Waals surface area (Å²) in [7, 11) is 0. The van der Waals surface area contributed by atoms with E-state index in [0.717, 1.165) is 25.4 Å². The normalized spacial score (nSPS) is 25.9. The lowest BCUT2D eigenvalue weighted by Gasteiger charge is -2.15. The summed E-state index contributed by atoms with van der Waals surface area (Å²) >= 11 is 12.0. The fraction of sp³-hybridized carbons (Fsp3) is 0.600. The lowest BCUT2D eigenvalue weighted by molar-refractivity contribution is 0.0184. The Kier molecular flexibility index (Phi) is 4.72. The van der Waals surface area contributed by atoms with Crippen molar-refractivity contribution in [3.8, 4) is 5.75 Å². The van der Waals surface area contributed by atoms with E-state index >= 15 is 0 Å². The van der Waals surface area contributed by atoms with Crippen LogP contribution in [-0.4, -0.2) is 31.4 Å². The van der Waals surface area contributed by atoms with Crippen molar-refractivity contribution in [2.45, 2.75) is 43.9 Å². The summed E-state index contributed by atoms with van der Waals surface area (Å²) in [6, 6.07) is 6.15. The maximum Gasteiger partial charge on any atom is 0.139 e. The first-order valence-corrected chi connectivity index (χ1v) is 7.93. The van der Waals surface area contributed by atoms with Crippen LogP contribution in [0.2, 0.25) is 10.0 Å². The predicted molar refractivity (Wildman–Crippen MR) is 80.9 cm³/mol. The number of ether oxygens (including phenoxy) is 2. The molecule has 0 aromatic heterocycles. The molecule has 1 saturated heterocycles. The van der Waals surface area contributed by atoms with Gasteiger partial charge in [-0.25, -0.2) is 0 Å². The molecule has 5 heteroatoms. The molecule has 0 radical (unpaired) electrons. The average Bonchev–Trinajstić information content (AvgIpc) is 3.17. The van der Waals surface area contributed by atoms with Gasteiger partial charge < -0.3 is 14.8 Å². The van der Waals surface area contributed by atoms with Crippen molar-refractivity contribution >= 4 is 23.2 Å². The number of rotatable bonds is 6. The Hall–Kier alpha value is -0.480. The van der Waals surface area contributed by atoms with E-state index in [0.29, 0.717) is 28.5 Å². The van der Waals surface area contributed by atoms with E-state index in [9.17, 15) is 0 Å². The molecule has 1 aliphatic carbocycles. The summed E-state index contributed by atoms with van der Waals surface area (Å²) in [6.45, 7) is 1.49. The van der Waals surface area contributed by atoms with Crippen molar-refractivity contribution in [3.05, 3.63) is 28.2 Å². The zero-order valence-corrected chi connectivity index (χ0v) is 12.8. The maximum absolute atomic E-state index is 6.09. The van der Waals surface area contributed by atoms with Gasteiger partial charge in [0.1, 0.15) is 17.4 Å². The largest absolute Gasteiger partial charge is 0.489 e. The molecule has 1 saturated carbocycles. The Bertz CT molecular complexity index is 465. The van der Waals surface area contributed by atoms with Crippen LogP contribution >= 0.6 is 23.2 Å². The molecular formula is C15H19Cl2NO2. The first-order valence-electron chi connectivity index (χ1n) is 7.18. The van der Waals surface area contributed by atoms with E-state index in [-0.39, 0.29) is 6.10 Å². The zero-order valence-electron chi connectivity index (χ0n) is 11.3. The third kappa shape index (κ3) is 3.79. The Morgan fingerprint density at radius 2 is 1.95 bits per heavy atom. The standard InChI is InChI=1S/C15H19Cl2NO2/c16-13-2-1-3-14(15(13)17)19-9-12-7-6-11(20-12)8-18-10-4-5-10/h1-3,10-12,18H,4-9H2. The average molecular weight is 316 g/mol. The summed E-state index contributed by atoms with van der Waals surface area (Å²) in [5, 5.41) is 4.49. The lowest BCUT2D eigenvalue weighted by atomic mass is 10.2.